The minimum absolute atomic E-state index is 0.00445. The molecule has 0 spiro atoms. The third-order valence-electron chi connectivity index (χ3n) is 4.71. The lowest BCUT2D eigenvalue weighted by atomic mass is 10.1. The second-order valence-corrected chi connectivity index (χ2v) is 6.40. The molecule has 1 N–H and O–H groups in total. The topological polar surface area (TPSA) is 41.6 Å². The number of ether oxygens (including phenoxy) is 1. The van der Waals surface area contributed by atoms with Gasteiger partial charge in [-0.2, -0.15) is 0 Å². The van der Waals surface area contributed by atoms with E-state index in [4.69, 9.17) is 4.74 Å². The zero-order valence-corrected chi connectivity index (χ0v) is 13.4. The number of benzene rings is 1. The third-order valence-corrected chi connectivity index (χ3v) is 4.71. The Labute approximate surface area is 132 Å². The fraction of sp³-hybridized carbons (Fsp3) is 0.611. The van der Waals surface area contributed by atoms with E-state index in [1.54, 1.807) is 0 Å². The number of aryl methyl sites for hydroxylation is 1. The smallest absolute Gasteiger partial charge is 0.251 e. The molecule has 2 fully saturated rings. The van der Waals surface area contributed by atoms with Crippen molar-refractivity contribution in [1.82, 2.24) is 10.2 Å². The van der Waals surface area contributed by atoms with Gasteiger partial charge in [0, 0.05) is 24.7 Å². The monoisotopic (exact) mass is 302 g/mol. The second-order valence-electron chi connectivity index (χ2n) is 6.40. The van der Waals surface area contributed by atoms with Crippen molar-refractivity contribution in [2.24, 2.45) is 0 Å². The van der Waals surface area contributed by atoms with Crippen molar-refractivity contribution in [2.45, 2.75) is 44.8 Å². The molecule has 2 aliphatic heterocycles. The lowest BCUT2D eigenvalue weighted by Gasteiger charge is -2.35. The van der Waals surface area contributed by atoms with E-state index in [0.717, 1.165) is 31.6 Å². The van der Waals surface area contributed by atoms with Gasteiger partial charge in [0.15, 0.2) is 0 Å². The summed E-state index contributed by atoms with van der Waals surface area (Å²) in [6.45, 7) is 5.69. The van der Waals surface area contributed by atoms with Crippen molar-refractivity contribution < 1.29 is 9.53 Å². The van der Waals surface area contributed by atoms with Crippen molar-refractivity contribution in [1.29, 1.82) is 0 Å². The van der Waals surface area contributed by atoms with E-state index in [1.165, 1.54) is 24.9 Å². The summed E-state index contributed by atoms with van der Waals surface area (Å²) in [5.41, 5.74) is 2.02. The largest absolute Gasteiger partial charge is 0.373 e. The first-order chi connectivity index (χ1) is 10.8. The van der Waals surface area contributed by atoms with E-state index in [0.29, 0.717) is 12.6 Å². The first kappa shape index (κ1) is 15.5. The number of amides is 1. The van der Waals surface area contributed by atoms with Crippen LogP contribution < -0.4 is 5.32 Å². The normalized spacial score (nSPS) is 25.0. The van der Waals surface area contributed by atoms with Gasteiger partial charge in [0.25, 0.3) is 5.91 Å². The Balaban J connectivity index is 1.47. The number of fused-ring (bicyclic) bond motifs is 1. The van der Waals surface area contributed by atoms with Crippen LogP contribution in [0.15, 0.2) is 24.3 Å². The Bertz CT molecular complexity index is 500. The van der Waals surface area contributed by atoms with Crippen LogP contribution in [0.5, 0.6) is 0 Å². The van der Waals surface area contributed by atoms with Crippen LogP contribution in [-0.2, 0) is 11.2 Å². The summed E-state index contributed by atoms with van der Waals surface area (Å²) < 4.78 is 5.87. The highest BCUT2D eigenvalue weighted by Crippen LogP contribution is 2.22. The number of morpholine rings is 1. The molecule has 1 aromatic rings. The number of nitrogens with zero attached hydrogens (tertiary/aromatic N) is 1. The molecule has 0 aromatic heterocycles. The highest BCUT2D eigenvalue weighted by atomic mass is 16.5. The maximum Gasteiger partial charge on any atom is 0.251 e. The molecule has 0 aliphatic carbocycles. The molecule has 4 nitrogen and oxygen atoms in total. The van der Waals surface area contributed by atoms with Crippen LogP contribution in [0.3, 0.4) is 0 Å². The van der Waals surface area contributed by atoms with Gasteiger partial charge < -0.3 is 10.1 Å². The maximum atomic E-state index is 12.2. The zero-order valence-electron chi connectivity index (χ0n) is 13.4. The molecule has 0 unspecified atom stereocenters. The van der Waals surface area contributed by atoms with Crippen LogP contribution in [0.4, 0.5) is 0 Å². The third kappa shape index (κ3) is 3.68. The Morgan fingerprint density at radius 2 is 2.18 bits per heavy atom. The van der Waals surface area contributed by atoms with Gasteiger partial charge in [-0.1, -0.05) is 25.5 Å². The number of carbonyl (C=O) groups excluding carboxylic acids is 1. The minimum atomic E-state index is -0.00445. The van der Waals surface area contributed by atoms with Gasteiger partial charge in [-0.25, -0.2) is 0 Å². The molecule has 0 saturated carbocycles. The van der Waals surface area contributed by atoms with Crippen LogP contribution in [-0.4, -0.2) is 49.2 Å². The van der Waals surface area contributed by atoms with Gasteiger partial charge in [-0.3, -0.25) is 9.69 Å². The molecule has 0 radical (unpaired) electrons. The SMILES string of the molecule is CCCc1ccc(C(=O)NC[C@@H]2CN3CCC[C@@H]3CO2)cc1. The first-order valence-electron chi connectivity index (χ1n) is 8.49. The summed E-state index contributed by atoms with van der Waals surface area (Å²) in [5, 5.41) is 3.01. The van der Waals surface area contributed by atoms with E-state index in [2.05, 4.69) is 17.1 Å². The number of nitrogens with one attached hydrogen (secondary N) is 1. The van der Waals surface area contributed by atoms with Crippen molar-refractivity contribution in [2.75, 3.05) is 26.2 Å². The van der Waals surface area contributed by atoms with E-state index >= 15 is 0 Å². The highest BCUT2D eigenvalue weighted by molar-refractivity contribution is 5.94. The molecule has 1 amide bonds. The Morgan fingerprint density at radius 3 is 2.95 bits per heavy atom. The minimum Gasteiger partial charge on any atom is -0.373 e. The zero-order chi connectivity index (χ0) is 15.4. The summed E-state index contributed by atoms with van der Waals surface area (Å²) >= 11 is 0. The molecule has 1 aromatic carbocycles. The second kappa shape index (κ2) is 7.25. The number of rotatable bonds is 5. The molecule has 3 rings (SSSR count). The number of hydrogen-bond acceptors (Lipinski definition) is 3. The summed E-state index contributed by atoms with van der Waals surface area (Å²) in [7, 11) is 0. The summed E-state index contributed by atoms with van der Waals surface area (Å²) in [6, 6.07) is 8.53. The van der Waals surface area contributed by atoms with Gasteiger partial charge in [-0.15, -0.1) is 0 Å². The molecule has 0 bridgehead atoms. The van der Waals surface area contributed by atoms with Gasteiger partial charge in [0.05, 0.1) is 12.7 Å². The molecule has 2 saturated heterocycles. The molecular formula is C18H26N2O2. The van der Waals surface area contributed by atoms with E-state index in [-0.39, 0.29) is 12.0 Å². The van der Waals surface area contributed by atoms with Gasteiger partial charge in [0.1, 0.15) is 0 Å². The highest BCUT2D eigenvalue weighted by Gasteiger charge is 2.32. The fourth-order valence-corrected chi connectivity index (χ4v) is 3.43. The van der Waals surface area contributed by atoms with Crippen LogP contribution in [0.25, 0.3) is 0 Å². The Hall–Kier alpha value is -1.39. The van der Waals surface area contributed by atoms with Gasteiger partial charge in [0.2, 0.25) is 0 Å². The van der Waals surface area contributed by atoms with E-state index in [9.17, 15) is 4.79 Å². The maximum absolute atomic E-state index is 12.2. The van der Waals surface area contributed by atoms with Crippen LogP contribution in [0, 0.1) is 0 Å². The average molecular weight is 302 g/mol. The van der Waals surface area contributed by atoms with Crippen LogP contribution in [0.1, 0.15) is 42.1 Å². The summed E-state index contributed by atoms with van der Waals surface area (Å²) in [5.74, 6) is -0.00445. The quantitative estimate of drug-likeness (QED) is 0.907. The van der Waals surface area contributed by atoms with E-state index < -0.39 is 0 Å². The molecule has 2 atom stereocenters. The lowest BCUT2D eigenvalue weighted by Crippen LogP contribution is -2.50. The van der Waals surface area contributed by atoms with Gasteiger partial charge >= 0.3 is 0 Å². The molecule has 4 heteroatoms. The first-order valence-corrected chi connectivity index (χ1v) is 8.49. The Morgan fingerprint density at radius 1 is 1.36 bits per heavy atom. The lowest BCUT2D eigenvalue weighted by molar-refractivity contribution is -0.0461. The predicted octanol–water partition coefficient (Wildman–Crippen LogP) is 2.23. The standard InChI is InChI=1S/C18H26N2O2/c1-2-4-14-6-8-15(9-7-14)18(21)19-11-17-12-20-10-3-5-16(20)13-22-17/h6-9,16-17H,2-5,10-13H2,1H3,(H,19,21)/t16-,17-/m1/s1. The fourth-order valence-electron chi connectivity index (χ4n) is 3.43. The van der Waals surface area contributed by atoms with Crippen LogP contribution >= 0.6 is 0 Å². The van der Waals surface area contributed by atoms with Crippen molar-refractivity contribution >= 4 is 5.91 Å². The van der Waals surface area contributed by atoms with Gasteiger partial charge in [-0.05, 0) is 43.5 Å². The van der Waals surface area contributed by atoms with Crippen molar-refractivity contribution in [3.63, 3.8) is 0 Å². The summed E-state index contributed by atoms with van der Waals surface area (Å²) in [4.78, 5) is 14.7. The average Bonchev–Trinajstić information content (AvgIpc) is 3.01. The van der Waals surface area contributed by atoms with Crippen LogP contribution in [0.2, 0.25) is 0 Å². The number of carbonyl (C=O) groups is 1. The Kier molecular flexibility index (Phi) is 5.11. The molecular weight excluding hydrogens is 276 g/mol. The predicted molar refractivity (Wildman–Crippen MR) is 87.1 cm³/mol. The molecule has 2 aliphatic rings. The summed E-state index contributed by atoms with van der Waals surface area (Å²) in [6.07, 6.45) is 4.84. The molecule has 22 heavy (non-hydrogen) atoms. The number of hydrogen-bond donors (Lipinski definition) is 1. The van der Waals surface area contributed by atoms with Crippen molar-refractivity contribution in [3.8, 4) is 0 Å². The molecule has 2 heterocycles. The van der Waals surface area contributed by atoms with Crippen molar-refractivity contribution in [3.05, 3.63) is 35.4 Å². The molecule has 120 valence electrons. The van der Waals surface area contributed by atoms with E-state index in [1.807, 2.05) is 24.3 Å².